The van der Waals surface area contributed by atoms with E-state index in [1.54, 1.807) is 16.2 Å². The number of rotatable bonds is 1. The number of hydrogen-bond acceptors (Lipinski definition) is 6. The van der Waals surface area contributed by atoms with E-state index >= 15 is 0 Å². The van der Waals surface area contributed by atoms with Gasteiger partial charge >= 0.3 is 0 Å². The Morgan fingerprint density at radius 3 is 2.78 bits per heavy atom. The average Bonchev–Trinajstić information content (AvgIpc) is 3.07. The number of aliphatic hydroxyl groups is 2. The zero-order chi connectivity index (χ0) is 16.1. The van der Waals surface area contributed by atoms with E-state index in [2.05, 4.69) is 9.97 Å². The molecule has 3 heterocycles. The van der Waals surface area contributed by atoms with Gasteiger partial charge in [-0.05, 0) is 24.8 Å². The molecule has 3 unspecified atom stereocenters. The number of halogens is 1. The van der Waals surface area contributed by atoms with Gasteiger partial charge < -0.3 is 15.1 Å². The molecular weight excluding hydrogens is 338 g/mol. The molecule has 23 heavy (non-hydrogen) atoms. The number of thiophene rings is 1. The van der Waals surface area contributed by atoms with Crippen LogP contribution in [-0.4, -0.2) is 56.3 Å². The minimum atomic E-state index is -0.837. The maximum atomic E-state index is 12.6. The maximum Gasteiger partial charge on any atom is 0.226 e. The SMILES string of the molecule is O=C(C1CCc2c(sc3ncnc(Cl)c23)C1)N1CC(O)C(O)C1. The molecule has 1 aliphatic carbocycles. The second-order valence-electron chi connectivity index (χ2n) is 6.17. The molecule has 122 valence electrons. The number of likely N-dealkylation sites (tertiary alicyclic amines) is 1. The quantitative estimate of drug-likeness (QED) is 0.747. The summed E-state index contributed by atoms with van der Waals surface area (Å²) in [6.07, 6.45) is 1.97. The summed E-state index contributed by atoms with van der Waals surface area (Å²) in [5, 5.41) is 20.7. The van der Waals surface area contributed by atoms with Gasteiger partial charge in [0, 0.05) is 23.9 Å². The first-order valence-corrected chi connectivity index (χ1v) is 8.79. The van der Waals surface area contributed by atoms with E-state index in [9.17, 15) is 15.0 Å². The topological polar surface area (TPSA) is 86.6 Å². The smallest absolute Gasteiger partial charge is 0.226 e. The summed E-state index contributed by atoms with van der Waals surface area (Å²) < 4.78 is 0. The highest BCUT2D eigenvalue weighted by atomic mass is 35.5. The lowest BCUT2D eigenvalue weighted by molar-refractivity contribution is -0.135. The van der Waals surface area contributed by atoms with Crippen molar-refractivity contribution in [1.82, 2.24) is 14.9 Å². The van der Waals surface area contributed by atoms with Gasteiger partial charge in [-0.3, -0.25) is 4.79 Å². The fourth-order valence-electron chi connectivity index (χ4n) is 3.49. The highest BCUT2D eigenvalue weighted by molar-refractivity contribution is 7.19. The predicted molar refractivity (Wildman–Crippen MR) is 86.5 cm³/mol. The molecule has 4 rings (SSSR count). The van der Waals surface area contributed by atoms with Crippen molar-refractivity contribution in [3.8, 4) is 0 Å². The second kappa shape index (κ2) is 5.66. The Labute approximate surface area is 141 Å². The average molecular weight is 354 g/mol. The molecule has 0 bridgehead atoms. The fraction of sp³-hybridized carbons (Fsp3) is 0.533. The van der Waals surface area contributed by atoms with Gasteiger partial charge in [-0.25, -0.2) is 9.97 Å². The Hall–Kier alpha value is -1.28. The summed E-state index contributed by atoms with van der Waals surface area (Å²) in [5.41, 5.74) is 1.17. The van der Waals surface area contributed by atoms with Gasteiger partial charge in [-0.2, -0.15) is 0 Å². The highest BCUT2D eigenvalue weighted by Gasteiger charge is 2.37. The lowest BCUT2D eigenvalue weighted by Gasteiger charge is -2.26. The number of amides is 1. The Bertz CT molecular complexity index is 771. The van der Waals surface area contributed by atoms with Crippen LogP contribution in [0.2, 0.25) is 5.15 Å². The molecule has 8 heteroatoms. The number of fused-ring (bicyclic) bond motifs is 3. The number of carbonyl (C=O) groups is 1. The van der Waals surface area contributed by atoms with E-state index < -0.39 is 12.2 Å². The Kier molecular flexibility index (Phi) is 3.76. The third-order valence-corrected chi connectivity index (χ3v) is 6.17. The highest BCUT2D eigenvalue weighted by Crippen LogP contribution is 2.40. The summed E-state index contributed by atoms with van der Waals surface area (Å²) in [7, 11) is 0. The van der Waals surface area contributed by atoms with Crippen molar-refractivity contribution in [2.75, 3.05) is 13.1 Å². The third-order valence-electron chi connectivity index (χ3n) is 4.72. The molecule has 2 aliphatic rings. The summed E-state index contributed by atoms with van der Waals surface area (Å²) in [4.78, 5) is 24.6. The van der Waals surface area contributed by atoms with Crippen LogP contribution in [-0.2, 0) is 17.6 Å². The predicted octanol–water partition coefficient (Wildman–Crippen LogP) is 1.01. The minimum Gasteiger partial charge on any atom is -0.388 e. The summed E-state index contributed by atoms with van der Waals surface area (Å²) in [6.45, 7) is 0.431. The van der Waals surface area contributed by atoms with Crippen LogP contribution in [0.3, 0.4) is 0 Å². The zero-order valence-corrected chi connectivity index (χ0v) is 13.8. The first-order valence-electron chi connectivity index (χ1n) is 7.60. The van der Waals surface area contributed by atoms with Gasteiger partial charge in [0.2, 0.25) is 5.91 Å². The van der Waals surface area contributed by atoms with Crippen LogP contribution in [0, 0.1) is 5.92 Å². The minimum absolute atomic E-state index is 0.0147. The molecule has 3 atom stereocenters. The lowest BCUT2D eigenvalue weighted by atomic mass is 9.87. The van der Waals surface area contributed by atoms with Gasteiger partial charge in [0.25, 0.3) is 0 Å². The van der Waals surface area contributed by atoms with Crippen molar-refractivity contribution in [3.63, 3.8) is 0 Å². The number of aromatic nitrogens is 2. The normalized spacial score (nSPS) is 27.4. The lowest BCUT2D eigenvalue weighted by Crippen LogP contribution is -2.37. The molecule has 2 aromatic rings. The molecule has 6 nitrogen and oxygen atoms in total. The number of aryl methyl sites for hydroxylation is 1. The van der Waals surface area contributed by atoms with Crippen molar-refractivity contribution < 1.29 is 15.0 Å². The van der Waals surface area contributed by atoms with Crippen LogP contribution in [0.5, 0.6) is 0 Å². The Morgan fingerprint density at radius 1 is 1.30 bits per heavy atom. The van der Waals surface area contributed by atoms with Crippen molar-refractivity contribution >= 4 is 39.1 Å². The number of hydrogen-bond donors (Lipinski definition) is 2. The standard InChI is InChI=1S/C15H16ClN3O3S/c16-13-12-8-2-1-7(3-11(8)23-14(12)18-6-17-13)15(22)19-4-9(20)10(21)5-19/h6-7,9-10,20-21H,1-5H2. The molecule has 0 aromatic carbocycles. The monoisotopic (exact) mass is 353 g/mol. The van der Waals surface area contributed by atoms with Gasteiger partial charge in [-0.1, -0.05) is 11.6 Å². The molecule has 1 saturated heterocycles. The molecule has 0 saturated carbocycles. The van der Waals surface area contributed by atoms with Gasteiger partial charge in [-0.15, -0.1) is 11.3 Å². The summed E-state index contributed by atoms with van der Waals surface area (Å²) in [5.74, 6) is -0.0966. The van der Waals surface area contributed by atoms with E-state index in [1.165, 1.54) is 11.9 Å². The number of nitrogens with zero attached hydrogens (tertiary/aromatic N) is 3. The first-order chi connectivity index (χ1) is 11.0. The molecule has 2 aromatic heterocycles. The molecule has 2 N–H and O–H groups in total. The number of aliphatic hydroxyl groups excluding tert-OH is 2. The summed E-state index contributed by atoms with van der Waals surface area (Å²) >= 11 is 7.77. The first kappa shape index (κ1) is 15.3. The van der Waals surface area contributed by atoms with Crippen LogP contribution in [0.15, 0.2) is 6.33 Å². The Morgan fingerprint density at radius 2 is 2.04 bits per heavy atom. The van der Waals surface area contributed by atoms with Crippen molar-refractivity contribution in [2.24, 2.45) is 5.92 Å². The maximum absolute atomic E-state index is 12.6. The molecule has 0 radical (unpaired) electrons. The number of β-amino-alcohol motifs (C(OH)–C–C–N with tert-alkyl or cyclic N) is 2. The van der Waals surface area contributed by atoms with Crippen molar-refractivity contribution in [2.45, 2.75) is 31.5 Å². The Balaban J connectivity index is 1.58. The van der Waals surface area contributed by atoms with E-state index in [4.69, 9.17) is 11.6 Å². The second-order valence-corrected chi connectivity index (χ2v) is 7.61. The van der Waals surface area contributed by atoms with Crippen LogP contribution in [0.1, 0.15) is 16.9 Å². The molecule has 1 amide bonds. The van der Waals surface area contributed by atoms with Crippen molar-refractivity contribution in [3.05, 3.63) is 21.9 Å². The van der Waals surface area contributed by atoms with Crippen LogP contribution in [0.4, 0.5) is 0 Å². The molecule has 1 fully saturated rings. The zero-order valence-electron chi connectivity index (χ0n) is 12.3. The molecule has 1 aliphatic heterocycles. The summed E-state index contributed by atoms with van der Waals surface area (Å²) in [6, 6.07) is 0. The van der Waals surface area contributed by atoms with Gasteiger partial charge in [0.05, 0.1) is 17.6 Å². The van der Waals surface area contributed by atoms with Crippen molar-refractivity contribution in [1.29, 1.82) is 0 Å². The van der Waals surface area contributed by atoms with Crippen LogP contribution in [0.25, 0.3) is 10.2 Å². The van der Waals surface area contributed by atoms with Gasteiger partial charge in [0.15, 0.2) is 0 Å². The van der Waals surface area contributed by atoms with E-state index in [0.717, 1.165) is 27.9 Å². The fourth-order valence-corrected chi connectivity index (χ4v) is 5.06. The van der Waals surface area contributed by atoms with Crippen LogP contribution >= 0.6 is 22.9 Å². The largest absolute Gasteiger partial charge is 0.388 e. The van der Waals surface area contributed by atoms with E-state index in [0.29, 0.717) is 11.6 Å². The molecule has 0 spiro atoms. The van der Waals surface area contributed by atoms with E-state index in [-0.39, 0.29) is 24.9 Å². The van der Waals surface area contributed by atoms with E-state index in [1.807, 2.05) is 0 Å². The third kappa shape index (κ3) is 2.52. The molecular formula is C15H16ClN3O3S. The number of carbonyl (C=O) groups excluding carboxylic acids is 1. The van der Waals surface area contributed by atoms with Crippen LogP contribution < -0.4 is 0 Å². The van der Waals surface area contributed by atoms with Gasteiger partial charge in [0.1, 0.15) is 16.3 Å².